The number of fused-ring (bicyclic) bond motifs is 2. The molecule has 0 spiro atoms. The minimum absolute atomic E-state index is 0.0939. The summed E-state index contributed by atoms with van der Waals surface area (Å²) in [6, 6.07) is 11.1. The number of benzene rings is 2. The van der Waals surface area contributed by atoms with Gasteiger partial charge in [0.25, 0.3) is 0 Å². The van der Waals surface area contributed by atoms with E-state index in [1.165, 1.54) is 12.1 Å². The zero-order valence-electron chi connectivity index (χ0n) is 14.2. The van der Waals surface area contributed by atoms with E-state index in [1.54, 1.807) is 30.3 Å². The van der Waals surface area contributed by atoms with Gasteiger partial charge in [-0.25, -0.2) is 0 Å². The van der Waals surface area contributed by atoms with Crippen LogP contribution in [0, 0.1) is 0 Å². The first-order valence-corrected chi connectivity index (χ1v) is 8.42. The van der Waals surface area contributed by atoms with Crippen molar-refractivity contribution in [3.8, 4) is 0 Å². The lowest BCUT2D eigenvalue weighted by atomic mass is 9.83. The van der Waals surface area contributed by atoms with Gasteiger partial charge in [0.05, 0.1) is 11.3 Å². The van der Waals surface area contributed by atoms with Crippen LogP contribution in [-0.2, 0) is 14.4 Å². The third-order valence-electron chi connectivity index (χ3n) is 4.68. The monoisotopic (exact) mass is 362 g/mol. The highest BCUT2D eigenvalue weighted by atomic mass is 16.2. The third-order valence-corrected chi connectivity index (χ3v) is 4.68. The maximum Gasteiger partial charge on any atom is 0.244 e. The van der Waals surface area contributed by atoms with Crippen LogP contribution in [0.5, 0.6) is 0 Å². The molecule has 7 nitrogen and oxygen atoms in total. The third kappa shape index (κ3) is 2.73. The zero-order chi connectivity index (χ0) is 19.1. The summed E-state index contributed by atoms with van der Waals surface area (Å²) in [4.78, 5) is 62.1. The number of likely N-dealkylation sites (tertiary alicyclic amines) is 1. The fraction of sp³-hybridized carbons (Fsp3) is 0.150. The largest absolute Gasteiger partial charge is 0.324 e. The number of amides is 3. The van der Waals surface area contributed by atoms with E-state index in [-0.39, 0.29) is 46.8 Å². The number of nitrogens with zero attached hydrogens (tertiary/aromatic N) is 1. The Bertz CT molecular complexity index is 1020. The summed E-state index contributed by atoms with van der Waals surface area (Å²) in [7, 11) is 0. The van der Waals surface area contributed by atoms with Crippen LogP contribution in [0.4, 0.5) is 5.69 Å². The number of hydrogen-bond acceptors (Lipinski definition) is 5. The molecule has 2 aliphatic rings. The van der Waals surface area contributed by atoms with Gasteiger partial charge in [-0.3, -0.25) is 28.9 Å². The second kappa shape index (κ2) is 6.28. The van der Waals surface area contributed by atoms with Crippen molar-refractivity contribution in [2.24, 2.45) is 0 Å². The highest BCUT2D eigenvalue weighted by Crippen LogP contribution is 2.31. The molecule has 27 heavy (non-hydrogen) atoms. The highest BCUT2D eigenvalue weighted by Gasteiger charge is 2.33. The van der Waals surface area contributed by atoms with Gasteiger partial charge in [0, 0.05) is 29.5 Å². The molecule has 0 atom stereocenters. The molecule has 2 aromatic rings. The second-order valence-corrected chi connectivity index (χ2v) is 6.35. The molecule has 134 valence electrons. The summed E-state index contributed by atoms with van der Waals surface area (Å²) < 4.78 is 0. The highest BCUT2D eigenvalue weighted by molar-refractivity contribution is 6.30. The Labute approximate surface area is 154 Å². The van der Waals surface area contributed by atoms with E-state index in [0.717, 1.165) is 4.90 Å². The van der Waals surface area contributed by atoms with Gasteiger partial charge in [0.2, 0.25) is 17.7 Å². The fourth-order valence-electron chi connectivity index (χ4n) is 3.38. The lowest BCUT2D eigenvalue weighted by Gasteiger charge is -2.21. The molecular formula is C20H14N2O5. The fourth-order valence-corrected chi connectivity index (χ4v) is 3.38. The number of carbonyl (C=O) groups excluding carboxylic acids is 5. The molecule has 1 aliphatic carbocycles. The van der Waals surface area contributed by atoms with E-state index < -0.39 is 24.3 Å². The predicted octanol–water partition coefficient (Wildman–Crippen LogP) is 1.55. The summed E-state index contributed by atoms with van der Waals surface area (Å²) >= 11 is 0. The SMILES string of the molecule is O=C(CN1C(=O)CCC1=O)Nc1cccc2c1C(=O)c1ccccc1C2=O. The summed E-state index contributed by atoms with van der Waals surface area (Å²) in [5.41, 5.74) is 1.12. The summed E-state index contributed by atoms with van der Waals surface area (Å²) in [6.07, 6.45) is 0.188. The first kappa shape index (κ1) is 16.8. The average Bonchev–Trinajstić information content (AvgIpc) is 2.98. The number of ketones is 2. The first-order chi connectivity index (χ1) is 13.0. The van der Waals surface area contributed by atoms with E-state index in [1.807, 2.05) is 0 Å². The van der Waals surface area contributed by atoms with E-state index in [9.17, 15) is 24.0 Å². The second-order valence-electron chi connectivity index (χ2n) is 6.35. The topological polar surface area (TPSA) is 101 Å². The zero-order valence-corrected chi connectivity index (χ0v) is 14.2. The number of rotatable bonds is 3. The Morgan fingerprint density at radius 2 is 1.41 bits per heavy atom. The number of carbonyl (C=O) groups is 5. The van der Waals surface area contributed by atoms with Gasteiger partial charge in [0.1, 0.15) is 6.54 Å². The van der Waals surface area contributed by atoms with Crippen molar-refractivity contribution in [2.75, 3.05) is 11.9 Å². The molecule has 1 heterocycles. The van der Waals surface area contributed by atoms with Gasteiger partial charge in [-0.2, -0.15) is 0 Å². The van der Waals surface area contributed by atoms with Crippen molar-refractivity contribution in [1.29, 1.82) is 0 Å². The average molecular weight is 362 g/mol. The van der Waals surface area contributed by atoms with Gasteiger partial charge in [0.15, 0.2) is 11.6 Å². The minimum atomic E-state index is -0.605. The van der Waals surface area contributed by atoms with Crippen molar-refractivity contribution < 1.29 is 24.0 Å². The van der Waals surface area contributed by atoms with Crippen molar-refractivity contribution in [1.82, 2.24) is 4.90 Å². The molecule has 0 radical (unpaired) electrons. The molecule has 3 amide bonds. The maximum absolute atomic E-state index is 12.9. The number of nitrogens with one attached hydrogen (secondary N) is 1. The van der Waals surface area contributed by atoms with Crippen molar-refractivity contribution in [2.45, 2.75) is 12.8 Å². The number of hydrogen-bond donors (Lipinski definition) is 1. The van der Waals surface area contributed by atoms with Gasteiger partial charge in [-0.1, -0.05) is 36.4 Å². The molecule has 1 saturated heterocycles. The smallest absolute Gasteiger partial charge is 0.244 e. The van der Waals surface area contributed by atoms with Crippen LogP contribution in [0.15, 0.2) is 42.5 Å². The number of imide groups is 1. The summed E-state index contributed by atoms with van der Waals surface area (Å²) in [6.45, 7) is -0.417. The van der Waals surface area contributed by atoms with Crippen LogP contribution in [0.3, 0.4) is 0 Å². The summed E-state index contributed by atoms with van der Waals surface area (Å²) in [5.74, 6) is -2.05. The molecule has 7 heteroatoms. The normalized spacial score (nSPS) is 15.6. The number of anilines is 1. The lowest BCUT2D eigenvalue weighted by Crippen LogP contribution is -2.37. The van der Waals surface area contributed by atoms with Crippen molar-refractivity contribution in [3.63, 3.8) is 0 Å². The standard InChI is InChI=1S/C20H14N2O5/c23-15(10-22-16(24)8-9-17(22)25)21-14-7-3-6-13-18(14)20(27)12-5-2-1-4-11(12)19(13)26/h1-7H,8-10H2,(H,21,23). The van der Waals surface area contributed by atoms with Crippen LogP contribution in [0.1, 0.15) is 44.7 Å². The van der Waals surface area contributed by atoms with Gasteiger partial charge in [-0.05, 0) is 6.07 Å². The molecule has 0 aromatic heterocycles. The van der Waals surface area contributed by atoms with E-state index in [0.29, 0.717) is 5.56 Å². The molecule has 1 aliphatic heterocycles. The van der Waals surface area contributed by atoms with Crippen LogP contribution in [0.25, 0.3) is 0 Å². The van der Waals surface area contributed by atoms with Crippen LogP contribution < -0.4 is 5.32 Å². The summed E-state index contributed by atoms with van der Waals surface area (Å²) in [5, 5.41) is 2.56. The molecule has 4 rings (SSSR count). The van der Waals surface area contributed by atoms with E-state index in [4.69, 9.17) is 0 Å². The van der Waals surface area contributed by atoms with Gasteiger partial charge in [-0.15, -0.1) is 0 Å². The lowest BCUT2D eigenvalue weighted by molar-refractivity contribution is -0.141. The van der Waals surface area contributed by atoms with Crippen molar-refractivity contribution >= 4 is 35.0 Å². The molecule has 0 unspecified atom stereocenters. The predicted molar refractivity (Wildman–Crippen MR) is 94.3 cm³/mol. The molecule has 1 fully saturated rings. The Balaban J connectivity index is 1.65. The molecule has 1 N–H and O–H groups in total. The molecule has 0 bridgehead atoms. The quantitative estimate of drug-likeness (QED) is 0.713. The Kier molecular flexibility index (Phi) is 3.92. The van der Waals surface area contributed by atoms with Crippen LogP contribution in [-0.4, -0.2) is 40.7 Å². The van der Waals surface area contributed by atoms with Crippen molar-refractivity contribution in [3.05, 3.63) is 64.7 Å². The van der Waals surface area contributed by atoms with Crippen LogP contribution in [0.2, 0.25) is 0 Å². The van der Waals surface area contributed by atoms with Gasteiger partial charge >= 0.3 is 0 Å². The van der Waals surface area contributed by atoms with E-state index >= 15 is 0 Å². The first-order valence-electron chi connectivity index (χ1n) is 8.42. The van der Waals surface area contributed by atoms with Crippen LogP contribution >= 0.6 is 0 Å². The van der Waals surface area contributed by atoms with Gasteiger partial charge < -0.3 is 5.32 Å². The minimum Gasteiger partial charge on any atom is -0.324 e. The van der Waals surface area contributed by atoms with E-state index in [2.05, 4.69) is 5.32 Å². The molecular weight excluding hydrogens is 348 g/mol. The molecule has 2 aromatic carbocycles. The Morgan fingerprint density at radius 3 is 2.07 bits per heavy atom. The Morgan fingerprint density at radius 1 is 0.815 bits per heavy atom. The molecule has 0 saturated carbocycles. The Hall–Kier alpha value is -3.61. The maximum atomic E-state index is 12.9.